The fourth-order valence-electron chi connectivity index (χ4n) is 1.89. The molecule has 0 aliphatic carbocycles. The topological polar surface area (TPSA) is 21.3 Å². The number of aryl methyl sites for hydroxylation is 1. The molecule has 0 radical (unpaired) electrons. The molecule has 0 heterocycles. The van der Waals surface area contributed by atoms with Crippen LogP contribution in [0.25, 0.3) is 0 Å². The molecule has 0 aliphatic heterocycles. The zero-order valence-corrected chi connectivity index (χ0v) is 12.5. The van der Waals surface area contributed by atoms with Crippen molar-refractivity contribution in [3.63, 3.8) is 0 Å². The Kier molecular flexibility index (Phi) is 4.63. The number of hydrogen-bond acceptors (Lipinski definition) is 2. The molecule has 4 heteroatoms. The highest BCUT2D eigenvalue weighted by atomic mass is 35.5. The van der Waals surface area contributed by atoms with Crippen LogP contribution >= 0.6 is 11.6 Å². The van der Waals surface area contributed by atoms with E-state index in [1.165, 1.54) is 6.07 Å². The smallest absolute Gasteiger partial charge is 0.165 e. The molecule has 0 fully saturated rings. The first-order valence-electron chi connectivity index (χ1n) is 6.42. The van der Waals surface area contributed by atoms with Crippen molar-refractivity contribution in [1.29, 1.82) is 0 Å². The predicted molar refractivity (Wildman–Crippen MR) is 80.1 cm³/mol. The number of ether oxygens (including phenoxy) is 1. The van der Waals surface area contributed by atoms with Gasteiger partial charge in [-0.15, -0.1) is 0 Å². The summed E-state index contributed by atoms with van der Waals surface area (Å²) in [5.41, 5.74) is 1.92. The number of hydrogen-bond donors (Lipinski definition) is 1. The van der Waals surface area contributed by atoms with Crippen LogP contribution in [0.4, 0.5) is 4.39 Å². The summed E-state index contributed by atoms with van der Waals surface area (Å²) in [5.74, 6) is 0.335. The lowest BCUT2D eigenvalue weighted by Crippen LogP contribution is -2.12. The van der Waals surface area contributed by atoms with Crippen molar-refractivity contribution in [1.82, 2.24) is 5.32 Å². The molecule has 2 rings (SSSR count). The van der Waals surface area contributed by atoms with Gasteiger partial charge in [0.2, 0.25) is 0 Å². The summed E-state index contributed by atoms with van der Waals surface area (Å²) >= 11 is 6.23. The van der Waals surface area contributed by atoms with Crippen LogP contribution in [-0.2, 0) is 0 Å². The van der Waals surface area contributed by atoms with Crippen molar-refractivity contribution >= 4 is 11.6 Å². The maximum Gasteiger partial charge on any atom is 0.165 e. The van der Waals surface area contributed by atoms with Gasteiger partial charge in [-0.3, -0.25) is 0 Å². The van der Waals surface area contributed by atoms with Crippen molar-refractivity contribution in [3.05, 3.63) is 58.4 Å². The minimum Gasteiger partial charge on any atom is -0.454 e. The van der Waals surface area contributed by atoms with Crippen molar-refractivity contribution in [2.24, 2.45) is 0 Å². The molecule has 1 unspecified atom stereocenters. The summed E-state index contributed by atoms with van der Waals surface area (Å²) in [7, 11) is 1.87. The Morgan fingerprint density at radius 3 is 2.60 bits per heavy atom. The van der Waals surface area contributed by atoms with Gasteiger partial charge in [0.25, 0.3) is 0 Å². The minimum absolute atomic E-state index is 0.146. The lowest BCUT2D eigenvalue weighted by atomic mass is 10.1. The molecule has 0 aromatic heterocycles. The molecule has 0 saturated heterocycles. The highest BCUT2D eigenvalue weighted by Crippen LogP contribution is 2.31. The van der Waals surface area contributed by atoms with E-state index in [4.69, 9.17) is 16.3 Å². The summed E-state index contributed by atoms with van der Waals surface area (Å²) in [6.07, 6.45) is 0. The third kappa shape index (κ3) is 3.30. The van der Waals surface area contributed by atoms with E-state index in [1.54, 1.807) is 24.3 Å². The third-order valence-corrected chi connectivity index (χ3v) is 3.51. The molecular formula is C16H17ClFNO. The zero-order chi connectivity index (χ0) is 14.7. The average Bonchev–Trinajstić information content (AvgIpc) is 2.42. The van der Waals surface area contributed by atoms with Gasteiger partial charge in [-0.2, -0.15) is 0 Å². The van der Waals surface area contributed by atoms with Gasteiger partial charge in [-0.1, -0.05) is 23.7 Å². The second-order valence-corrected chi connectivity index (χ2v) is 5.14. The van der Waals surface area contributed by atoms with Gasteiger partial charge in [0, 0.05) is 11.1 Å². The lowest BCUT2D eigenvalue weighted by Gasteiger charge is -2.14. The molecule has 1 N–H and O–H groups in total. The van der Waals surface area contributed by atoms with Gasteiger partial charge >= 0.3 is 0 Å². The summed E-state index contributed by atoms with van der Waals surface area (Å²) in [6, 6.07) is 10.3. The molecule has 0 spiro atoms. The van der Waals surface area contributed by atoms with Crippen molar-refractivity contribution in [3.8, 4) is 11.5 Å². The quantitative estimate of drug-likeness (QED) is 0.869. The van der Waals surface area contributed by atoms with Crippen molar-refractivity contribution in [2.75, 3.05) is 7.05 Å². The first kappa shape index (κ1) is 14.8. The van der Waals surface area contributed by atoms with E-state index >= 15 is 0 Å². The van der Waals surface area contributed by atoms with E-state index in [2.05, 4.69) is 5.32 Å². The van der Waals surface area contributed by atoms with Crippen molar-refractivity contribution < 1.29 is 9.13 Å². The molecule has 1 atom stereocenters. The highest BCUT2D eigenvalue weighted by molar-refractivity contribution is 6.31. The molecule has 0 saturated carbocycles. The first-order chi connectivity index (χ1) is 9.51. The fraction of sp³-hybridized carbons (Fsp3) is 0.250. The number of benzene rings is 2. The molecule has 2 nitrogen and oxygen atoms in total. The Bertz CT molecular complexity index is 615. The first-order valence-corrected chi connectivity index (χ1v) is 6.79. The maximum absolute atomic E-state index is 13.6. The Hall–Kier alpha value is -1.58. The molecular weight excluding hydrogens is 277 g/mol. The van der Waals surface area contributed by atoms with Crippen LogP contribution in [0.15, 0.2) is 36.4 Å². The molecule has 2 aromatic carbocycles. The van der Waals surface area contributed by atoms with Gasteiger partial charge in [0.1, 0.15) is 5.75 Å². The van der Waals surface area contributed by atoms with Gasteiger partial charge in [0.05, 0.1) is 0 Å². The Labute approximate surface area is 123 Å². The third-order valence-electron chi connectivity index (χ3n) is 3.19. The van der Waals surface area contributed by atoms with Crippen LogP contribution < -0.4 is 10.1 Å². The van der Waals surface area contributed by atoms with Gasteiger partial charge in [-0.25, -0.2) is 4.39 Å². The van der Waals surface area contributed by atoms with Crippen molar-refractivity contribution in [2.45, 2.75) is 19.9 Å². The maximum atomic E-state index is 13.6. The SMILES string of the molecule is CNC(C)c1ccc(Oc2cc(C)ccc2F)cc1Cl. The van der Waals surface area contributed by atoms with Crippen LogP contribution in [0, 0.1) is 12.7 Å². The van der Waals surface area contributed by atoms with Gasteiger partial charge in [0.15, 0.2) is 11.6 Å². The fourth-order valence-corrected chi connectivity index (χ4v) is 2.23. The van der Waals surface area contributed by atoms with Crippen LogP contribution in [-0.4, -0.2) is 7.05 Å². The van der Waals surface area contributed by atoms with Gasteiger partial charge in [-0.05, 0) is 56.3 Å². The molecule has 106 valence electrons. The Morgan fingerprint density at radius 1 is 1.20 bits per heavy atom. The Balaban J connectivity index is 2.26. The van der Waals surface area contributed by atoms with E-state index < -0.39 is 0 Å². The minimum atomic E-state index is -0.389. The summed E-state index contributed by atoms with van der Waals surface area (Å²) in [6.45, 7) is 3.90. The van der Waals surface area contributed by atoms with E-state index in [1.807, 2.05) is 27.0 Å². The van der Waals surface area contributed by atoms with Gasteiger partial charge < -0.3 is 10.1 Å². The summed E-state index contributed by atoms with van der Waals surface area (Å²) < 4.78 is 19.2. The second-order valence-electron chi connectivity index (χ2n) is 4.73. The molecule has 0 bridgehead atoms. The Morgan fingerprint density at radius 2 is 1.95 bits per heavy atom. The summed E-state index contributed by atoms with van der Waals surface area (Å²) in [5, 5.41) is 3.72. The standard InChI is InChI=1S/C16H17ClFNO/c1-10-4-7-15(18)16(8-10)20-12-5-6-13(11(2)19-3)14(17)9-12/h4-9,11,19H,1-3H3. The number of nitrogens with one attached hydrogen (secondary N) is 1. The number of halogens is 2. The van der Waals surface area contributed by atoms with Crippen LogP contribution in [0.3, 0.4) is 0 Å². The molecule has 0 amide bonds. The van der Waals surface area contributed by atoms with E-state index in [9.17, 15) is 4.39 Å². The van der Waals surface area contributed by atoms with E-state index in [0.717, 1.165) is 11.1 Å². The molecule has 20 heavy (non-hydrogen) atoms. The average molecular weight is 294 g/mol. The van der Waals surface area contributed by atoms with E-state index in [-0.39, 0.29) is 17.6 Å². The van der Waals surface area contributed by atoms with Crippen LogP contribution in [0.2, 0.25) is 5.02 Å². The molecule has 0 aliphatic rings. The highest BCUT2D eigenvalue weighted by Gasteiger charge is 2.10. The lowest BCUT2D eigenvalue weighted by molar-refractivity contribution is 0.441. The zero-order valence-electron chi connectivity index (χ0n) is 11.7. The van der Waals surface area contributed by atoms with Crippen LogP contribution in [0.1, 0.15) is 24.1 Å². The second kappa shape index (κ2) is 6.25. The predicted octanol–water partition coefficient (Wildman–Crippen LogP) is 4.86. The largest absolute Gasteiger partial charge is 0.454 e. The number of rotatable bonds is 4. The molecule has 2 aromatic rings. The normalized spacial score (nSPS) is 12.2. The summed E-state index contributed by atoms with van der Waals surface area (Å²) in [4.78, 5) is 0. The monoisotopic (exact) mass is 293 g/mol. The van der Waals surface area contributed by atoms with E-state index in [0.29, 0.717) is 10.8 Å². The van der Waals surface area contributed by atoms with Crippen LogP contribution in [0.5, 0.6) is 11.5 Å².